The Morgan fingerprint density at radius 1 is 1.07 bits per heavy atom. The number of nitrogens with zero attached hydrogens (tertiary/aromatic N) is 6. The molecule has 0 radical (unpaired) electrons. The number of nitrogens with one attached hydrogen (secondary N) is 1. The fourth-order valence-corrected chi connectivity index (χ4v) is 2.98. The Bertz CT molecular complexity index is 1170. The highest BCUT2D eigenvalue weighted by atomic mass is 16.6. The fraction of sp³-hybridized carbons (Fsp3) is 0.143. The SMILES string of the molecule is Cc1cc(NC(C)c2cn(-c3ccccc3)nn2)nc(-c2ccc([N+](=O)[O-])cc2)n1. The van der Waals surface area contributed by atoms with Crippen molar-refractivity contribution in [1.82, 2.24) is 25.0 Å². The zero-order chi connectivity index (χ0) is 21.1. The summed E-state index contributed by atoms with van der Waals surface area (Å²) in [5.41, 5.74) is 3.21. The average Bonchev–Trinajstić information content (AvgIpc) is 3.24. The number of anilines is 1. The third-order valence-electron chi connectivity index (χ3n) is 4.53. The third-order valence-corrected chi connectivity index (χ3v) is 4.53. The molecule has 9 nitrogen and oxygen atoms in total. The van der Waals surface area contributed by atoms with Gasteiger partial charge in [0.15, 0.2) is 5.82 Å². The molecule has 0 spiro atoms. The van der Waals surface area contributed by atoms with Crippen LogP contribution in [0.4, 0.5) is 11.5 Å². The lowest BCUT2D eigenvalue weighted by Gasteiger charge is -2.13. The number of hydrogen-bond acceptors (Lipinski definition) is 7. The molecule has 1 atom stereocenters. The van der Waals surface area contributed by atoms with Gasteiger partial charge < -0.3 is 5.32 Å². The standard InChI is InChI=1S/C21H19N7O2/c1-14-12-20(24-21(22-14)16-8-10-18(11-9-16)28(29)30)23-15(2)19-13-27(26-25-19)17-6-4-3-5-7-17/h3-13,15H,1-2H3,(H,22,23,24). The number of benzene rings is 2. The van der Waals surface area contributed by atoms with Crippen molar-refractivity contribution in [3.8, 4) is 17.1 Å². The summed E-state index contributed by atoms with van der Waals surface area (Å²) in [6.45, 7) is 3.85. The first-order chi connectivity index (χ1) is 14.5. The molecule has 2 aromatic heterocycles. The molecule has 30 heavy (non-hydrogen) atoms. The Hall–Kier alpha value is -4.14. The first kappa shape index (κ1) is 19.2. The molecule has 4 aromatic rings. The maximum absolute atomic E-state index is 10.9. The van der Waals surface area contributed by atoms with Gasteiger partial charge in [-0.2, -0.15) is 0 Å². The van der Waals surface area contributed by atoms with Crippen LogP contribution in [0.5, 0.6) is 0 Å². The van der Waals surface area contributed by atoms with Crippen LogP contribution in [-0.4, -0.2) is 29.9 Å². The van der Waals surface area contributed by atoms with Crippen molar-refractivity contribution in [2.45, 2.75) is 19.9 Å². The number of nitro groups is 1. The molecular weight excluding hydrogens is 382 g/mol. The van der Waals surface area contributed by atoms with E-state index in [9.17, 15) is 10.1 Å². The van der Waals surface area contributed by atoms with Crippen molar-refractivity contribution in [3.05, 3.63) is 88.4 Å². The molecular formula is C21H19N7O2. The van der Waals surface area contributed by atoms with E-state index < -0.39 is 4.92 Å². The summed E-state index contributed by atoms with van der Waals surface area (Å²) in [4.78, 5) is 19.4. The van der Waals surface area contributed by atoms with E-state index in [4.69, 9.17) is 0 Å². The molecule has 150 valence electrons. The lowest BCUT2D eigenvalue weighted by Crippen LogP contribution is -2.09. The molecule has 9 heteroatoms. The van der Waals surface area contributed by atoms with Crippen molar-refractivity contribution in [2.24, 2.45) is 0 Å². The Morgan fingerprint density at radius 3 is 2.50 bits per heavy atom. The van der Waals surface area contributed by atoms with Crippen LogP contribution in [0.2, 0.25) is 0 Å². The van der Waals surface area contributed by atoms with E-state index in [0.29, 0.717) is 17.2 Å². The van der Waals surface area contributed by atoms with Gasteiger partial charge in [0.25, 0.3) is 5.69 Å². The summed E-state index contributed by atoms with van der Waals surface area (Å²) in [6.07, 6.45) is 1.87. The van der Waals surface area contributed by atoms with E-state index in [-0.39, 0.29) is 11.7 Å². The second-order valence-electron chi connectivity index (χ2n) is 6.81. The lowest BCUT2D eigenvalue weighted by molar-refractivity contribution is -0.384. The minimum Gasteiger partial charge on any atom is -0.362 e. The van der Waals surface area contributed by atoms with Gasteiger partial charge in [0.05, 0.1) is 22.8 Å². The maximum Gasteiger partial charge on any atom is 0.269 e. The van der Waals surface area contributed by atoms with E-state index in [1.807, 2.05) is 56.4 Å². The fourth-order valence-electron chi connectivity index (χ4n) is 2.98. The molecule has 0 saturated heterocycles. The molecule has 2 heterocycles. The van der Waals surface area contributed by atoms with Crippen LogP contribution in [0.3, 0.4) is 0 Å². The first-order valence-electron chi connectivity index (χ1n) is 9.34. The summed E-state index contributed by atoms with van der Waals surface area (Å²) in [5, 5.41) is 22.6. The predicted molar refractivity (Wildman–Crippen MR) is 112 cm³/mol. The number of hydrogen-bond donors (Lipinski definition) is 1. The average molecular weight is 401 g/mol. The van der Waals surface area contributed by atoms with E-state index in [1.54, 1.807) is 16.8 Å². The summed E-state index contributed by atoms with van der Waals surface area (Å²) in [7, 11) is 0. The minimum absolute atomic E-state index is 0.0277. The minimum atomic E-state index is -0.432. The van der Waals surface area contributed by atoms with Gasteiger partial charge in [-0.05, 0) is 38.1 Å². The van der Waals surface area contributed by atoms with Gasteiger partial charge >= 0.3 is 0 Å². The van der Waals surface area contributed by atoms with Gasteiger partial charge in [0.2, 0.25) is 0 Å². The predicted octanol–water partition coefficient (Wildman–Crippen LogP) is 4.11. The normalized spacial score (nSPS) is 11.8. The molecule has 0 amide bonds. The van der Waals surface area contributed by atoms with Gasteiger partial charge in [0, 0.05) is 29.5 Å². The smallest absolute Gasteiger partial charge is 0.269 e. The van der Waals surface area contributed by atoms with Gasteiger partial charge in [0.1, 0.15) is 11.5 Å². The number of nitro benzene ring substituents is 1. The van der Waals surface area contributed by atoms with Crippen molar-refractivity contribution in [2.75, 3.05) is 5.32 Å². The first-order valence-corrected chi connectivity index (χ1v) is 9.34. The molecule has 0 aliphatic carbocycles. The van der Waals surface area contributed by atoms with Gasteiger partial charge in [-0.1, -0.05) is 23.4 Å². The van der Waals surface area contributed by atoms with Crippen LogP contribution in [0.25, 0.3) is 17.1 Å². The highest BCUT2D eigenvalue weighted by Gasteiger charge is 2.14. The highest BCUT2D eigenvalue weighted by molar-refractivity contribution is 5.59. The van der Waals surface area contributed by atoms with Crippen molar-refractivity contribution < 1.29 is 4.92 Å². The number of aryl methyl sites for hydroxylation is 1. The Labute approximate surface area is 172 Å². The quantitative estimate of drug-likeness (QED) is 0.382. The second-order valence-corrected chi connectivity index (χ2v) is 6.81. The molecule has 0 bridgehead atoms. The number of para-hydroxylation sites is 1. The molecule has 0 aliphatic rings. The molecule has 2 aromatic carbocycles. The topological polar surface area (TPSA) is 112 Å². The summed E-state index contributed by atoms with van der Waals surface area (Å²) in [5.74, 6) is 1.13. The summed E-state index contributed by atoms with van der Waals surface area (Å²) >= 11 is 0. The third kappa shape index (κ3) is 4.14. The molecule has 0 aliphatic heterocycles. The van der Waals surface area contributed by atoms with Gasteiger partial charge in [-0.25, -0.2) is 14.6 Å². The van der Waals surface area contributed by atoms with E-state index in [0.717, 1.165) is 17.1 Å². The van der Waals surface area contributed by atoms with Crippen LogP contribution in [0, 0.1) is 17.0 Å². The highest BCUT2D eigenvalue weighted by Crippen LogP contribution is 2.23. The van der Waals surface area contributed by atoms with Crippen molar-refractivity contribution in [3.63, 3.8) is 0 Å². The number of aromatic nitrogens is 5. The molecule has 4 rings (SSSR count). The largest absolute Gasteiger partial charge is 0.362 e. The van der Waals surface area contributed by atoms with Crippen LogP contribution >= 0.6 is 0 Å². The monoisotopic (exact) mass is 401 g/mol. The van der Waals surface area contributed by atoms with Gasteiger partial charge in [-0.3, -0.25) is 10.1 Å². The lowest BCUT2D eigenvalue weighted by atomic mass is 10.2. The van der Waals surface area contributed by atoms with Crippen LogP contribution in [0.15, 0.2) is 66.9 Å². The second kappa shape index (κ2) is 8.08. The van der Waals surface area contributed by atoms with Crippen LogP contribution in [-0.2, 0) is 0 Å². The summed E-state index contributed by atoms with van der Waals surface area (Å²) in [6, 6.07) is 17.6. The Morgan fingerprint density at radius 2 is 1.80 bits per heavy atom. The molecule has 1 unspecified atom stereocenters. The maximum atomic E-state index is 10.9. The molecule has 0 fully saturated rings. The molecule has 1 N–H and O–H groups in total. The van der Waals surface area contributed by atoms with E-state index >= 15 is 0 Å². The molecule has 0 saturated carbocycles. The Balaban J connectivity index is 1.55. The van der Waals surface area contributed by atoms with Crippen molar-refractivity contribution in [1.29, 1.82) is 0 Å². The number of non-ortho nitro benzene ring substituents is 1. The zero-order valence-electron chi connectivity index (χ0n) is 16.4. The summed E-state index contributed by atoms with van der Waals surface area (Å²) < 4.78 is 1.72. The van der Waals surface area contributed by atoms with Gasteiger partial charge in [-0.15, -0.1) is 5.10 Å². The van der Waals surface area contributed by atoms with Crippen LogP contribution < -0.4 is 5.32 Å². The zero-order valence-corrected chi connectivity index (χ0v) is 16.4. The van der Waals surface area contributed by atoms with E-state index in [1.165, 1.54) is 12.1 Å². The number of rotatable bonds is 6. The Kier molecular flexibility index (Phi) is 5.17. The van der Waals surface area contributed by atoms with Crippen LogP contribution in [0.1, 0.15) is 24.4 Å². The van der Waals surface area contributed by atoms with Crippen molar-refractivity contribution >= 4 is 11.5 Å². The van der Waals surface area contributed by atoms with E-state index in [2.05, 4.69) is 25.6 Å².